The predicted octanol–water partition coefficient (Wildman–Crippen LogP) is 3.96. The van der Waals surface area contributed by atoms with Gasteiger partial charge in [-0.25, -0.2) is 8.42 Å². The zero-order chi connectivity index (χ0) is 24.5. The lowest BCUT2D eigenvalue weighted by molar-refractivity contribution is -0.126. The maximum Gasteiger partial charge on any atom is 0.243 e. The molecule has 1 aromatic carbocycles. The second-order valence-electron chi connectivity index (χ2n) is 10.9. The zero-order valence-corrected chi connectivity index (χ0v) is 21.6. The number of nitrogens with one attached hydrogen (secondary N) is 1. The smallest absolute Gasteiger partial charge is 0.243 e. The molecule has 1 saturated heterocycles. The van der Waals surface area contributed by atoms with Gasteiger partial charge >= 0.3 is 0 Å². The van der Waals surface area contributed by atoms with Crippen LogP contribution in [0.25, 0.3) is 0 Å². The van der Waals surface area contributed by atoms with Crippen molar-refractivity contribution in [3.63, 3.8) is 0 Å². The normalized spacial score (nSPS) is 24.4. The number of sulfonamides is 1. The van der Waals surface area contributed by atoms with Gasteiger partial charge in [0.2, 0.25) is 21.8 Å². The summed E-state index contributed by atoms with van der Waals surface area (Å²) in [5, 5.41) is 3.14. The van der Waals surface area contributed by atoms with E-state index in [1.807, 2.05) is 0 Å². The number of hydrogen-bond donors (Lipinski definition) is 1. The zero-order valence-electron chi connectivity index (χ0n) is 20.8. The lowest BCUT2D eigenvalue weighted by Crippen LogP contribution is -2.45. The first kappa shape index (κ1) is 25.2. The Bertz CT molecular complexity index is 1030. The predicted molar refractivity (Wildman–Crippen MR) is 133 cm³/mol. The summed E-state index contributed by atoms with van der Waals surface area (Å²) in [4.78, 5) is 27.9. The van der Waals surface area contributed by atoms with Gasteiger partial charge in [-0.05, 0) is 69.2 Å². The van der Waals surface area contributed by atoms with Gasteiger partial charge < -0.3 is 10.2 Å². The van der Waals surface area contributed by atoms with Crippen LogP contribution in [-0.4, -0.2) is 50.2 Å². The van der Waals surface area contributed by atoms with Crippen LogP contribution in [0.3, 0.4) is 0 Å². The molecule has 0 aromatic heterocycles. The molecule has 188 valence electrons. The minimum Gasteiger partial charge on any atom is -0.352 e. The molecule has 2 heterocycles. The van der Waals surface area contributed by atoms with Gasteiger partial charge in [0, 0.05) is 24.8 Å². The van der Waals surface area contributed by atoms with Crippen molar-refractivity contribution < 1.29 is 18.0 Å². The van der Waals surface area contributed by atoms with Gasteiger partial charge in [0.1, 0.15) is 6.54 Å². The van der Waals surface area contributed by atoms with E-state index in [2.05, 4.69) is 12.2 Å². The van der Waals surface area contributed by atoms with Crippen LogP contribution in [0, 0.1) is 5.92 Å². The molecule has 1 atom stereocenters. The molecule has 8 heteroatoms. The van der Waals surface area contributed by atoms with Crippen molar-refractivity contribution in [3.05, 3.63) is 23.8 Å². The number of rotatable bonds is 5. The molecular formula is C26H39N3O4S. The van der Waals surface area contributed by atoms with Crippen molar-refractivity contribution in [2.75, 3.05) is 24.5 Å². The highest BCUT2D eigenvalue weighted by molar-refractivity contribution is 7.89. The van der Waals surface area contributed by atoms with Crippen molar-refractivity contribution in [1.82, 2.24) is 9.62 Å². The fourth-order valence-corrected chi connectivity index (χ4v) is 7.29. The highest BCUT2D eigenvalue weighted by atomic mass is 32.2. The molecule has 1 aromatic rings. The molecule has 2 fully saturated rings. The summed E-state index contributed by atoms with van der Waals surface area (Å²) in [7, 11) is -3.63. The van der Waals surface area contributed by atoms with Crippen molar-refractivity contribution in [2.45, 2.75) is 94.9 Å². The maximum atomic E-state index is 13.3. The Morgan fingerprint density at radius 3 is 2.41 bits per heavy atom. The lowest BCUT2D eigenvalue weighted by atomic mass is 9.86. The first-order chi connectivity index (χ1) is 16.1. The van der Waals surface area contributed by atoms with E-state index in [9.17, 15) is 18.0 Å². The van der Waals surface area contributed by atoms with Crippen molar-refractivity contribution >= 4 is 27.5 Å². The number of carbonyl (C=O) groups excluding carboxylic acids is 2. The van der Waals surface area contributed by atoms with Crippen LogP contribution >= 0.6 is 0 Å². The van der Waals surface area contributed by atoms with Gasteiger partial charge in [0.05, 0.1) is 10.3 Å². The van der Waals surface area contributed by atoms with Crippen molar-refractivity contribution in [2.24, 2.45) is 5.92 Å². The SMILES string of the molecule is C[C@@H]1CCCN(S(=O)(=O)c2ccc3c(c2)C(C)(C)C(=O)N3CC(=O)NC2CCCCCCC2)C1. The molecule has 1 saturated carbocycles. The molecule has 3 aliphatic rings. The molecule has 0 bridgehead atoms. The summed E-state index contributed by atoms with van der Waals surface area (Å²) in [6.45, 7) is 6.70. The average molecular weight is 490 g/mol. The van der Waals surface area contributed by atoms with Crippen LogP contribution in [-0.2, 0) is 25.0 Å². The summed E-state index contributed by atoms with van der Waals surface area (Å²) < 4.78 is 28.2. The van der Waals surface area contributed by atoms with Crippen LogP contribution in [0.15, 0.2) is 23.1 Å². The Balaban J connectivity index is 1.53. The fourth-order valence-electron chi connectivity index (χ4n) is 5.66. The second-order valence-corrected chi connectivity index (χ2v) is 12.9. The van der Waals surface area contributed by atoms with Crippen molar-refractivity contribution in [1.29, 1.82) is 0 Å². The minimum absolute atomic E-state index is 0.0402. The van der Waals surface area contributed by atoms with Crippen molar-refractivity contribution in [3.8, 4) is 0 Å². The van der Waals surface area contributed by atoms with E-state index in [1.165, 1.54) is 24.2 Å². The second kappa shape index (κ2) is 9.97. The van der Waals surface area contributed by atoms with Crippen LogP contribution < -0.4 is 10.2 Å². The third-order valence-electron chi connectivity index (χ3n) is 7.74. The number of carbonyl (C=O) groups is 2. The summed E-state index contributed by atoms with van der Waals surface area (Å²) in [5.41, 5.74) is 0.410. The Kier molecular flexibility index (Phi) is 7.38. The molecule has 4 rings (SSSR count). The molecule has 0 spiro atoms. The van der Waals surface area contributed by atoms with E-state index in [0.717, 1.165) is 38.5 Å². The van der Waals surface area contributed by atoms with Gasteiger partial charge in [-0.15, -0.1) is 0 Å². The van der Waals surface area contributed by atoms with E-state index < -0.39 is 15.4 Å². The molecule has 34 heavy (non-hydrogen) atoms. The summed E-state index contributed by atoms with van der Waals surface area (Å²) >= 11 is 0. The number of hydrogen-bond acceptors (Lipinski definition) is 4. The van der Waals surface area contributed by atoms with E-state index >= 15 is 0 Å². The monoisotopic (exact) mass is 489 g/mol. The van der Waals surface area contributed by atoms with E-state index in [-0.39, 0.29) is 29.3 Å². The largest absolute Gasteiger partial charge is 0.352 e. The van der Waals surface area contributed by atoms with Crippen LogP contribution in [0.4, 0.5) is 5.69 Å². The number of nitrogens with zero attached hydrogens (tertiary/aromatic N) is 2. The molecule has 0 unspecified atom stereocenters. The van der Waals surface area contributed by atoms with Gasteiger partial charge in [-0.3, -0.25) is 9.59 Å². The summed E-state index contributed by atoms with van der Waals surface area (Å²) in [6, 6.07) is 5.10. The first-order valence-electron chi connectivity index (χ1n) is 12.9. The van der Waals surface area contributed by atoms with Gasteiger partial charge in [-0.1, -0.05) is 39.0 Å². The van der Waals surface area contributed by atoms with E-state index in [1.54, 1.807) is 36.4 Å². The average Bonchev–Trinajstić information content (AvgIpc) is 2.96. The molecule has 2 aliphatic heterocycles. The van der Waals surface area contributed by atoms with Gasteiger partial charge in [0.15, 0.2) is 0 Å². The quantitative estimate of drug-likeness (QED) is 0.678. The molecule has 0 radical (unpaired) electrons. The highest BCUT2D eigenvalue weighted by Crippen LogP contribution is 2.43. The summed E-state index contributed by atoms with van der Waals surface area (Å²) in [6.07, 6.45) is 9.79. The number of benzene rings is 1. The van der Waals surface area contributed by atoms with Gasteiger partial charge in [-0.2, -0.15) is 4.31 Å². The third-order valence-corrected chi connectivity index (χ3v) is 9.60. The Labute approximate surface area is 204 Å². The summed E-state index contributed by atoms with van der Waals surface area (Å²) in [5.74, 6) is 0.0147. The highest BCUT2D eigenvalue weighted by Gasteiger charge is 2.45. The standard InChI is InChI=1S/C26H39N3O4S/c1-19-10-9-15-28(17-19)34(32,33)21-13-14-23-22(16-21)26(2,3)25(31)29(23)18-24(30)27-20-11-7-5-4-6-8-12-20/h13-14,16,19-20H,4-12,15,17-18H2,1-3H3,(H,27,30)/t19-/m1/s1. The van der Waals surface area contributed by atoms with E-state index in [0.29, 0.717) is 30.3 Å². The maximum absolute atomic E-state index is 13.3. The first-order valence-corrected chi connectivity index (χ1v) is 14.3. The number of anilines is 1. The van der Waals surface area contributed by atoms with Gasteiger partial charge in [0.25, 0.3) is 0 Å². The number of piperidine rings is 1. The van der Waals surface area contributed by atoms with Crippen LogP contribution in [0.5, 0.6) is 0 Å². The Morgan fingerprint density at radius 2 is 1.74 bits per heavy atom. The Hall–Kier alpha value is -1.93. The molecule has 7 nitrogen and oxygen atoms in total. The molecule has 2 amide bonds. The number of fused-ring (bicyclic) bond motifs is 1. The van der Waals surface area contributed by atoms with Crippen LogP contribution in [0.2, 0.25) is 0 Å². The molecular weight excluding hydrogens is 450 g/mol. The number of amides is 2. The Morgan fingerprint density at radius 1 is 1.06 bits per heavy atom. The molecule has 1 aliphatic carbocycles. The fraction of sp³-hybridized carbons (Fsp3) is 0.692. The van der Waals surface area contributed by atoms with Crippen LogP contribution in [0.1, 0.15) is 84.1 Å². The lowest BCUT2D eigenvalue weighted by Gasteiger charge is -2.30. The minimum atomic E-state index is -3.63. The molecule has 1 N–H and O–H groups in total. The van der Waals surface area contributed by atoms with E-state index in [4.69, 9.17) is 0 Å². The topological polar surface area (TPSA) is 86.8 Å². The third kappa shape index (κ3) is 5.03.